The number of anilines is 2. The van der Waals surface area contributed by atoms with E-state index in [1.54, 1.807) is 18.6 Å². The first-order valence-corrected chi connectivity index (χ1v) is 5.73. The molecule has 6 nitrogen and oxygen atoms in total. The number of rotatable bonds is 2. The molecule has 0 aliphatic carbocycles. The Morgan fingerprint density at radius 2 is 1.89 bits per heavy atom. The number of benzene rings is 1. The summed E-state index contributed by atoms with van der Waals surface area (Å²) in [6.07, 6.45) is 4.89. The van der Waals surface area contributed by atoms with Gasteiger partial charge < -0.3 is 10.6 Å². The summed E-state index contributed by atoms with van der Waals surface area (Å²) in [6.45, 7) is 0. The van der Waals surface area contributed by atoms with Gasteiger partial charge in [-0.25, -0.2) is 4.79 Å². The third-order valence-electron chi connectivity index (χ3n) is 2.65. The van der Waals surface area contributed by atoms with E-state index in [0.717, 1.165) is 16.6 Å². The first-order chi connectivity index (χ1) is 9.33. The number of H-pyrrole nitrogens is 1. The normalized spacial score (nSPS) is 10.3. The average Bonchev–Trinajstić information content (AvgIpc) is 2.89. The van der Waals surface area contributed by atoms with Crippen LogP contribution in [0.25, 0.3) is 10.9 Å². The van der Waals surface area contributed by atoms with Crippen molar-refractivity contribution in [3.05, 3.63) is 48.9 Å². The van der Waals surface area contributed by atoms with Crippen molar-refractivity contribution in [2.75, 3.05) is 10.6 Å². The van der Waals surface area contributed by atoms with Gasteiger partial charge in [0.1, 0.15) is 0 Å². The summed E-state index contributed by atoms with van der Waals surface area (Å²) in [5.74, 6) is 0. The van der Waals surface area contributed by atoms with Crippen LogP contribution in [0, 0.1) is 0 Å². The molecule has 2 aromatic heterocycles. The number of aromatic amines is 1. The van der Waals surface area contributed by atoms with Gasteiger partial charge in [-0.1, -0.05) is 18.2 Å². The summed E-state index contributed by atoms with van der Waals surface area (Å²) in [7, 11) is 0. The van der Waals surface area contributed by atoms with Crippen LogP contribution in [-0.4, -0.2) is 21.2 Å². The SMILES string of the molecule is O=C(Nc1ccccc1)Nc1cncc2[nH]ncc12. The largest absolute Gasteiger partial charge is 0.323 e. The highest BCUT2D eigenvalue weighted by Crippen LogP contribution is 2.19. The number of nitrogens with zero attached hydrogens (tertiary/aromatic N) is 2. The monoisotopic (exact) mass is 253 g/mol. The Labute approximate surface area is 108 Å². The third-order valence-corrected chi connectivity index (χ3v) is 2.65. The van der Waals surface area contributed by atoms with Crippen LogP contribution < -0.4 is 10.6 Å². The van der Waals surface area contributed by atoms with Crippen molar-refractivity contribution in [1.29, 1.82) is 0 Å². The van der Waals surface area contributed by atoms with E-state index in [4.69, 9.17) is 0 Å². The van der Waals surface area contributed by atoms with Crippen LogP contribution in [0.2, 0.25) is 0 Å². The molecule has 19 heavy (non-hydrogen) atoms. The third kappa shape index (κ3) is 2.37. The minimum Gasteiger partial charge on any atom is -0.308 e. The Balaban J connectivity index is 1.78. The molecule has 0 atom stereocenters. The second-order valence-electron chi connectivity index (χ2n) is 3.96. The zero-order chi connectivity index (χ0) is 13.1. The molecule has 3 N–H and O–H groups in total. The second kappa shape index (κ2) is 4.77. The Kier molecular flexibility index (Phi) is 2.82. The Hall–Kier alpha value is -2.89. The molecule has 0 bridgehead atoms. The molecule has 94 valence electrons. The van der Waals surface area contributed by atoms with Crippen LogP contribution >= 0.6 is 0 Å². The predicted molar refractivity (Wildman–Crippen MR) is 73.0 cm³/mol. The van der Waals surface area contributed by atoms with E-state index in [1.807, 2.05) is 30.3 Å². The maximum absolute atomic E-state index is 11.9. The number of aromatic nitrogens is 3. The number of hydrogen-bond donors (Lipinski definition) is 3. The zero-order valence-electron chi connectivity index (χ0n) is 9.92. The van der Waals surface area contributed by atoms with Crippen LogP contribution in [0.3, 0.4) is 0 Å². The molecule has 1 aromatic carbocycles. The van der Waals surface area contributed by atoms with Crippen LogP contribution in [0.1, 0.15) is 0 Å². The number of carbonyl (C=O) groups is 1. The van der Waals surface area contributed by atoms with Gasteiger partial charge in [0.05, 0.1) is 29.8 Å². The molecular weight excluding hydrogens is 242 g/mol. The van der Waals surface area contributed by atoms with E-state index < -0.39 is 0 Å². The van der Waals surface area contributed by atoms with Crippen molar-refractivity contribution in [3.8, 4) is 0 Å². The van der Waals surface area contributed by atoms with E-state index in [1.165, 1.54) is 0 Å². The lowest BCUT2D eigenvalue weighted by atomic mass is 10.3. The van der Waals surface area contributed by atoms with E-state index in [0.29, 0.717) is 5.69 Å². The van der Waals surface area contributed by atoms with Crippen LogP contribution in [0.5, 0.6) is 0 Å². The van der Waals surface area contributed by atoms with Gasteiger partial charge in [-0.3, -0.25) is 10.1 Å². The first-order valence-electron chi connectivity index (χ1n) is 5.73. The molecule has 2 heterocycles. The number of fused-ring (bicyclic) bond motifs is 1. The lowest BCUT2D eigenvalue weighted by Crippen LogP contribution is -2.19. The maximum Gasteiger partial charge on any atom is 0.323 e. The van der Waals surface area contributed by atoms with Crippen LogP contribution in [0.4, 0.5) is 16.2 Å². The van der Waals surface area contributed by atoms with Crippen molar-refractivity contribution >= 4 is 28.3 Å². The van der Waals surface area contributed by atoms with E-state index in [-0.39, 0.29) is 6.03 Å². The molecule has 0 saturated carbocycles. The van der Waals surface area contributed by atoms with Crippen LogP contribution in [-0.2, 0) is 0 Å². The molecule has 6 heteroatoms. The number of para-hydroxylation sites is 1. The van der Waals surface area contributed by atoms with Gasteiger partial charge in [0.2, 0.25) is 0 Å². The Morgan fingerprint density at radius 3 is 2.74 bits per heavy atom. The number of carbonyl (C=O) groups excluding carboxylic acids is 1. The molecular formula is C13H11N5O. The minimum atomic E-state index is -0.318. The van der Waals surface area contributed by atoms with E-state index >= 15 is 0 Å². The van der Waals surface area contributed by atoms with Gasteiger partial charge in [0.15, 0.2) is 0 Å². The summed E-state index contributed by atoms with van der Waals surface area (Å²) < 4.78 is 0. The van der Waals surface area contributed by atoms with Crippen molar-refractivity contribution in [2.45, 2.75) is 0 Å². The first kappa shape index (κ1) is 11.2. The number of urea groups is 1. The lowest BCUT2D eigenvalue weighted by Gasteiger charge is -2.07. The van der Waals surface area contributed by atoms with Gasteiger partial charge >= 0.3 is 6.03 Å². The molecule has 0 aliphatic rings. The van der Waals surface area contributed by atoms with Crippen molar-refractivity contribution in [1.82, 2.24) is 15.2 Å². The fourth-order valence-corrected chi connectivity index (χ4v) is 1.77. The van der Waals surface area contributed by atoms with Crippen molar-refractivity contribution in [2.24, 2.45) is 0 Å². The fraction of sp³-hybridized carbons (Fsp3) is 0. The number of amides is 2. The Morgan fingerprint density at radius 1 is 1.05 bits per heavy atom. The van der Waals surface area contributed by atoms with Gasteiger partial charge in [-0.05, 0) is 12.1 Å². The summed E-state index contributed by atoms with van der Waals surface area (Å²) in [6, 6.07) is 8.91. The standard InChI is InChI=1S/C13H11N5O/c19-13(16-9-4-2-1-3-5-9)17-11-7-14-8-12-10(11)6-15-18-12/h1-8H,(H,15,18)(H2,16,17,19). The minimum absolute atomic E-state index is 0.318. The van der Waals surface area contributed by atoms with Crippen molar-refractivity contribution < 1.29 is 4.79 Å². The van der Waals surface area contributed by atoms with Gasteiger partial charge in [0.25, 0.3) is 0 Å². The molecule has 0 fully saturated rings. The van der Waals surface area contributed by atoms with Gasteiger partial charge in [-0.15, -0.1) is 0 Å². The smallest absolute Gasteiger partial charge is 0.308 e. The highest BCUT2D eigenvalue weighted by Gasteiger charge is 2.07. The maximum atomic E-state index is 11.9. The van der Waals surface area contributed by atoms with Gasteiger partial charge in [0, 0.05) is 11.1 Å². The zero-order valence-corrected chi connectivity index (χ0v) is 9.92. The number of hydrogen-bond acceptors (Lipinski definition) is 3. The second-order valence-corrected chi connectivity index (χ2v) is 3.96. The fourth-order valence-electron chi connectivity index (χ4n) is 1.77. The topological polar surface area (TPSA) is 82.7 Å². The number of nitrogens with one attached hydrogen (secondary N) is 3. The van der Waals surface area contributed by atoms with Gasteiger partial charge in [-0.2, -0.15) is 5.10 Å². The number of pyridine rings is 1. The predicted octanol–water partition coefficient (Wildman–Crippen LogP) is 2.60. The molecule has 2 amide bonds. The van der Waals surface area contributed by atoms with E-state index in [9.17, 15) is 4.79 Å². The lowest BCUT2D eigenvalue weighted by molar-refractivity contribution is 0.262. The Bertz CT molecular complexity index is 707. The molecule has 0 unspecified atom stereocenters. The molecule has 3 aromatic rings. The average molecular weight is 253 g/mol. The molecule has 0 radical (unpaired) electrons. The molecule has 0 aliphatic heterocycles. The molecule has 0 saturated heterocycles. The quantitative estimate of drug-likeness (QED) is 0.656. The highest BCUT2D eigenvalue weighted by atomic mass is 16.2. The molecule has 3 rings (SSSR count). The van der Waals surface area contributed by atoms with Crippen molar-refractivity contribution in [3.63, 3.8) is 0 Å². The van der Waals surface area contributed by atoms with E-state index in [2.05, 4.69) is 25.8 Å². The highest BCUT2D eigenvalue weighted by molar-refractivity contribution is 6.04. The summed E-state index contributed by atoms with van der Waals surface area (Å²) in [5, 5.41) is 13.0. The summed E-state index contributed by atoms with van der Waals surface area (Å²) in [4.78, 5) is 15.9. The summed E-state index contributed by atoms with van der Waals surface area (Å²) in [5.41, 5.74) is 2.12. The van der Waals surface area contributed by atoms with Crippen LogP contribution in [0.15, 0.2) is 48.9 Å². The molecule has 0 spiro atoms. The summed E-state index contributed by atoms with van der Waals surface area (Å²) >= 11 is 0.